The predicted molar refractivity (Wildman–Crippen MR) is 93.5 cm³/mol. The maximum absolute atomic E-state index is 12.1. The second-order valence-electron chi connectivity index (χ2n) is 5.50. The van der Waals surface area contributed by atoms with Crippen molar-refractivity contribution in [3.63, 3.8) is 0 Å². The molecule has 0 bridgehead atoms. The number of anilines is 1. The van der Waals surface area contributed by atoms with Crippen LogP contribution in [0.5, 0.6) is 0 Å². The molecule has 2 N–H and O–H groups in total. The van der Waals surface area contributed by atoms with E-state index in [4.69, 9.17) is 0 Å². The van der Waals surface area contributed by atoms with Crippen molar-refractivity contribution in [2.24, 2.45) is 7.05 Å². The van der Waals surface area contributed by atoms with Crippen molar-refractivity contribution < 1.29 is 4.79 Å². The van der Waals surface area contributed by atoms with Crippen molar-refractivity contribution in [1.82, 2.24) is 20.1 Å². The monoisotopic (exact) mass is 321 g/mol. The molecule has 24 heavy (non-hydrogen) atoms. The Morgan fingerprint density at radius 2 is 1.92 bits per heavy atom. The lowest BCUT2D eigenvalue weighted by Gasteiger charge is -2.09. The summed E-state index contributed by atoms with van der Waals surface area (Å²) in [6, 6.07) is 13.2. The first-order chi connectivity index (χ1) is 11.6. The van der Waals surface area contributed by atoms with E-state index in [0.29, 0.717) is 6.54 Å². The molecule has 0 saturated carbocycles. The number of benzene rings is 1. The highest BCUT2D eigenvalue weighted by molar-refractivity contribution is 5.89. The predicted octanol–water partition coefficient (Wildman–Crippen LogP) is 3.11. The molecule has 0 saturated heterocycles. The van der Waals surface area contributed by atoms with E-state index in [1.54, 1.807) is 17.1 Å². The summed E-state index contributed by atoms with van der Waals surface area (Å²) in [6.07, 6.45) is 3.47. The summed E-state index contributed by atoms with van der Waals surface area (Å²) >= 11 is 0. The molecule has 0 unspecified atom stereocenters. The van der Waals surface area contributed by atoms with Gasteiger partial charge in [-0.15, -0.1) is 0 Å². The third-order valence-corrected chi connectivity index (χ3v) is 3.78. The number of hydrogen-bond acceptors (Lipinski definition) is 3. The standard InChI is InChI=1S/C18H19N5O/c1-13-5-3-4-6-16(13)21-18(24)20-12-15-11-17(22-23(15)2)14-7-9-19-10-8-14/h3-11H,12H2,1-2H3,(H2,20,21,24). The lowest BCUT2D eigenvalue weighted by Crippen LogP contribution is -2.29. The van der Waals surface area contributed by atoms with Gasteiger partial charge in [0.05, 0.1) is 17.9 Å². The number of urea groups is 1. The fourth-order valence-corrected chi connectivity index (χ4v) is 2.39. The molecule has 0 fully saturated rings. The van der Waals surface area contributed by atoms with Gasteiger partial charge in [0.2, 0.25) is 0 Å². The van der Waals surface area contributed by atoms with Crippen LogP contribution in [0.25, 0.3) is 11.3 Å². The van der Waals surface area contributed by atoms with E-state index < -0.39 is 0 Å². The molecular formula is C18H19N5O. The molecule has 1 aromatic carbocycles. The van der Waals surface area contributed by atoms with Crippen molar-refractivity contribution in [3.05, 3.63) is 66.1 Å². The normalized spacial score (nSPS) is 10.4. The summed E-state index contributed by atoms with van der Waals surface area (Å²) in [6.45, 7) is 2.35. The van der Waals surface area contributed by atoms with Gasteiger partial charge in [-0.05, 0) is 36.8 Å². The van der Waals surface area contributed by atoms with Crippen LogP contribution >= 0.6 is 0 Å². The second kappa shape index (κ2) is 6.95. The van der Waals surface area contributed by atoms with Crippen molar-refractivity contribution >= 4 is 11.7 Å². The maximum Gasteiger partial charge on any atom is 0.319 e. The molecule has 2 amide bonds. The Hall–Kier alpha value is -3.15. The van der Waals surface area contributed by atoms with Gasteiger partial charge >= 0.3 is 6.03 Å². The molecule has 0 atom stereocenters. The third-order valence-electron chi connectivity index (χ3n) is 3.78. The first-order valence-electron chi connectivity index (χ1n) is 7.67. The van der Waals surface area contributed by atoms with Crippen molar-refractivity contribution in [2.75, 3.05) is 5.32 Å². The fraction of sp³-hybridized carbons (Fsp3) is 0.167. The molecule has 0 aliphatic rings. The van der Waals surface area contributed by atoms with Crippen molar-refractivity contribution in [1.29, 1.82) is 0 Å². The Morgan fingerprint density at radius 3 is 2.67 bits per heavy atom. The first-order valence-corrected chi connectivity index (χ1v) is 7.67. The van der Waals surface area contributed by atoms with E-state index in [2.05, 4.69) is 20.7 Å². The van der Waals surface area contributed by atoms with Crippen LogP contribution in [0.15, 0.2) is 54.9 Å². The topological polar surface area (TPSA) is 71.8 Å². The number of amides is 2. The van der Waals surface area contributed by atoms with E-state index in [9.17, 15) is 4.79 Å². The van der Waals surface area contributed by atoms with Crippen molar-refractivity contribution in [3.8, 4) is 11.3 Å². The highest BCUT2D eigenvalue weighted by Gasteiger charge is 2.09. The van der Waals surface area contributed by atoms with Crippen LogP contribution in [-0.4, -0.2) is 20.8 Å². The summed E-state index contributed by atoms with van der Waals surface area (Å²) in [5.41, 5.74) is 4.60. The minimum Gasteiger partial charge on any atom is -0.332 e. The summed E-state index contributed by atoms with van der Waals surface area (Å²) in [5, 5.41) is 10.2. The van der Waals surface area contributed by atoms with Gasteiger partial charge in [-0.25, -0.2) is 4.79 Å². The average Bonchev–Trinajstić information content (AvgIpc) is 2.97. The van der Waals surface area contributed by atoms with E-state index >= 15 is 0 Å². The molecule has 3 rings (SSSR count). The highest BCUT2D eigenvalue weighted by Crippen LogP contribution is 2.17. The number of nitrogens with zero attached hydrogens (tertiary/aromatic N) is 3. The molecule has 2 heterocycles. The largest absolute Gasteiger partial charge is 0.332 e. The van der Waals surface area contributed by atoms with Gasteiger partial charge in [0.25, 0.3) is 0 Å². The molecular weight excluding hydrogens is 302 g/mol. The van der Waals surface area contributed by atoms with Crippen LogP contribution in [0.3, 0.4) is 0 Å². The summed E-state index contributed by atoms with van der Waals surface area (Å²) in [5.74, 6) is 0. The highest BCUT2D eigenvalue weighted by atomic mass is 16.2. The van der Waals surface area contributed by atoms with Crippen molar-refractivity contribution in [2.45, 2.75) is 13.5 Å². The Labute approximate surface area is 140 Å². The number of carbonyl (C=O) groups is 1. The minimum atomic E-state index is -0.240. The van der Waals surface area contributed by atoms with Crippen LogP contribution in [-0.2, 0) is 13.6 Å². The summed E-state index contributed by atoms with van der Waals surface area (Å²) in [4.78, 5) is 16.1. The Bertz CT molecular complexity index is 842. The van der Waals surface area contributed by atoms with E-state index in [1.807, 2.05) is 56.4 Å². The molecule has 122 valence electrons. The van der Waals surface area contributed by atoms with Gasteiger partial charge in [-0.3, -0.25) is 9.67 Å². The van der Waals surface area contributed by atoms with Crippen LogP contribution in [0.2, 0.25) is 0 Å². The van der Waals surface area contributed by atoms with Gasteiger partial charge in [0, 0.05) is 30.7 Å². The lowest BCUT2D eigenvalue weighted by molar-refractivity contribution is 0.251. The van der Waals surface area contributed by atoms with E-state index in [0.717, 1.165) is 28.2 Å². The fourth-order valence-electron chi connectivity index (χ4n) is 2.39. The van der Waals surface area contributed by atoms with Gasteiger partial charge < -0.3 is 10.6 Å². The van der Waals surface area contributed by atoms with Gasteiger partial charge in [-0.1, -0.05) is 18.2 Å². The zero-order chi connectivity index (χ0) is 16.9. The zero-order valence-corrected chi connectivity index (χ0v) is 13.7. The molecule has 0 spiro atoms. The molecule has 0 aliphatic heterocycles. The number of aryl methyl sites for hydroxylation is 2. The molecule has 6 nitrogen and oxygen atoms in total. The SMILES string of the molecule is Cc1ccccc1NC(=O)NCc1cc(-c2ccncc2)nn1C. The number of rotatable bonds is 4. The van der Waals surface area contributed by atoms with Crippen LogP contribution in [0.1, 0.15) is 11.3 Å². The summed E-state index contributed by atoms with van der Waals surface area (Å²) in [7, 11) is 1.86. The van der Waals surface area contributed by atoms with Crippen LogP contribution in [0.4, 0.5) is 10.5 Å². The first kappa shape index (κ1) is 15.7. The maximum atomic E-state index is 12.1. The summed E-state index contributed by atoms with van der Waals surface area (Å²) < 4.78 is 1.77. The van der Waals surface area contributed by atoms with Gasteiger partial charge in [0.15, 0.2) is 0 Å². The molecule has 2 aromatic heterocycles. The Kier molecular flexibility index (Phi) is 4.56. The third kappa shape index (κ3) is 3.60. The molecule has 3 aromatic rings. The molecule has 6 heteroatoms. The van der Waals surface area contributed by atoms with E-state index in [1.165, 1.54) is 0 Å². The zero-order valence-electron chi connectivity index (χ0n) is 13.7. The average molecular weight is 321 g/mol. The van der Waals surface area contributed by atoms with E-state index in [-0.39, 0.29) is 6.03 Å². The number of pyridine rings is 1. The minimum absolute atomic E-state index is 0.240. The smallest absolute Gasteiger partial charge is 0.319 e. The molecule has 0 aliphatic carbocycles. The molecule has 0 radical (unpaired) electrons. The quantitative estimate of drug-likeness (QED) is 0.775. The number of nitrogens with one attached hydrogen (secondary N) is 2. The van der Waals surface area contributed by atoms with Crippen LogP contribution in [0, 0.1) is 6.92 Å². The number of hydrogen-bond donors (Lipinski definition) is 2. The Balaban J connectivity index is 1.64. The van der Waals surface area contributed by atoms with Crippen LogP contribution < -0.4 is 10.6 Å². The lowest BCUT2D eigenvalue weighted by atomic mass is 10.2. The Morgan fingerprint density at radius 1 is 1.17 bits per heavy atom. The number of aromatic nitrogens is 3. The number of para-hydroxylation sites is 1. The number of carbonyl (C=O) groups excluding carboxylic acids is 1. The van der Waals surface area contributed by atoms with Gasteiger partial charge in [-0.2, -0.15) is 5.10 Å². The second-order valence-corrected chi connectivity index (χ2v) is 5.50. The van der Waals surface area contributed by atoms with Gasteiger partial charge in [0.1, 0.15) is 0 Å².